The molecule has 0 aliphatic heterocycles. The van der Waals surface area contributed by atoms with E-state index >= 15 is 0 Å². The average Bonchev–Trinajstić information content (AvgIpc) is 3.41. The molecular weight excluding hydrogens is 398 g/mol. The molecule has 0 saturated heterocycles. The Hall–Kier alpha value is -3.94. The number of amides is 2. The minimum absolute atomic E-state index is 0.214. The van der Waals surface area contributed by atoms with Gasteiger partial charge in [0.1, 0.15) is 5.75 Å². The van der Waals surface area contributed by atoms with Gasteiger partial charge in [-0.1, -0.05) is 18.2 Å². The highest BCUT2D eigenvalue weighted by Crippen LogP contribution is 2.28. The van der Waals surface area contributed by atoms with E-state index in [-0.39, 0.29) is 5.69 Å². The van der Waals surface area contributed by atoms with Crippen LogP contribution >= 0.6 is 0 Å². The van der Waals surface area contributed by atoms with Crippen molar-refractivity contribution in [3.8, 4) is 11.4 Å². The van der Waals surface area contributed by atoms with Gasteiger partial charge in [0.15, 0.2) is 12.3 Å². The molecule has 0 bridgehead atoms. The Bertz CT molecular complexity index is 1120. The third-order valence-corrected chi connectivity index (χ3v) is 5.06. The van der Waals surface area contributed by atoms with Gasteiger partial charge in [0.2, 0.25) is 0 Å². The van der Waals surface area contributed by atoms with Crippen molar-refractivity contribution in [3.05, 3.63) is 77.1 Å². The van der Waals surface area contributed by atoms with Crippen LogP contribution in [0.25, 0.3) is 5.69 Å². The quantitative estimate of drug-likeness (QED) is 0.617. The van der Waals surface area contributed by atoms with Crippen molar-refractivity contribution in [1.29, 1.82) is 0 Å². The van der Waals surface area contributed by atoms with E-state index in [0.717, 1.165) is 36.2 Å². The van der Waals surface area contributed by atoms with Crippen molar-refractivity contribution in [2.24, 2.45) is 0 Å². The second-order valence-corrected chi connectivity index (χ2v) is 7.06. The lowest BCUT2D eigenvalue weighted by molar-refractivity contribution is -0.123. The van der Waals surface area contributed by atoms with Gasteiger partial charge in [-0.25, -0.2) is 9.48 Å². The Labute approximate surface area is 178 Å². The Balaban J connectivity index is 1.40. The largest absolute Gasteiger partial charge is 0.497 e. The lowest BCUT2D eigenvalue weighted by atomic mass is 10.2. The van der Waals surface area contributed by atoms with Crippen molar-refractivity contribution in [1.82, 2.24) is 15.1 Å². The number of nitrogens with one attached hydrogen (secondary N) is 1. The van der Waals surface area contributed by atoms with E-state index in [1.165, 1.54) is 19.2 Å². The summed E-state index contributed by atoms with van der Waals surface area (Å²) in [4.78, 5) is 36.8. The second kappa shape index (κ2) is 8.83. The van der Waals surface area contributed by atoms with Crippen LogP contribution < -0.4 is 10.1 Å². The van der Waals surface area contributed by atoms with Crippen LogP contribution in [0, 0.1) is 0 Å². The lowest BCUT2D eigenvalue weighted by Gasteiger charge is -2.06. The first kappa shape index (κ1) is 20.3. The SMILES string of the molecule is COc1ccc(C(=O)NC(=O)COC(=O)c2nn(-c3ccccc3)c3c2CCC3)cc1. The van der Waals surface area contributed by atoms with Crippen molar-refractivity contribution in [3.63, 3.8) is 0 Å². The average molecular weight is 419 g/mol. The maximum absolute atomic E-state index is 12.6. The van der Waals surface area contributed by atoms with E-state index in [0.29, 0.717) is 11.3 Å². The molecule has 4 rings (SSSR count). The molecule has 1 heterocycles. The van der Waals surface area contributed by atoms with Gasteiger partial charge in [-0.2, -0.15) is 5.10 Å². The first-order valence-electron chi connectivity index (χ1n) is 9.88. The highest BCUT2D eigenvalue weighted by Gasteiger charge is 2.28. The molecule has 0 saturated carbocycles. The topological polar surface area (TPSA) is 99.5 Å². The molecular formula is C23H21N3O5. The molecule has 31 heavy (non-hydrogen) atoms. The molecule has 0 unspecified atom stereocenters. The summed E-state index contributed by atoms with van der Waals surface area (Å²) in [7, 11) is 1.52. The van der Waals surface area contributed by atoms with Gasteiger partial charge in [-0.05, 0) is 55.7 Å². The van der Waals surface area contributed by atoms with Crippen LogP contribution in [0.3, 0.4) is 0 Å². The summed E-state index contributed by atoms with van der Waals surface area (Å²) in [5, 5.41) is 6.64. The Morgan fingerprint density at radius 1 is 1.03 bits per heavy atom. The third-order valence-electron chi connectivity index (χ3n) is 5.06. The van der Waals surface area contributed by atoms with Crippen LogP contribution in [0.1, 0.15) is 38.5 Å². The zero-order valence-electron chi connectivity index (χ0n) is 17.0. The van der Waals surface area contributed by atoms with Gasteiger partial charge in [0.05, 0.1) is 12.8 Å². The normalized spacial score (nSPS) is 12.2. The van der Waals surface area contributed by atoms with Crippen molar-refractivity contribution in [2.45, 2.75) is 19.3 Å². The second-order valence-electron chi connectivity index (χ2n) is 7.06. The molecule has 2 amide bonds. The minimum Gasteiger partial charge on any atom is -0.497 e. The summed E-state index contributed by atoms with van der Waals surface area (Å²) in [5.41, 5.74) is 3.20. The zero-order valence-corrected chi connectivity index (χ0v) is 17.0. The number of aromatic nitrogens is 2. The van der Waals surface area contributed by atoms with Crippen molar-refractivity contribution < 1.29 is 23.9 Å². The first-order valence-corrected chi connectivity index (χ1v) is 9.88. The summed E-state index contributed by atoms with van der Waals surface area (Å²) in [6.45, 7) is -0.576. The standard InChI is InChI=1S/C23H21N3O5/c1-30-17-12-10-15(11-13-17)22(28)24-20(27)14-31-23(29)21-18-8-5-9-19(18)26(25-21)16-6-3-2-4-7-16/h2-4,6-7,10-13H,5,8-9,14H2,1H3,(H,24,27,28). The number of esters is 1. The first-order chi connectivity index (χ1) is 15.1. The number of nitrogens with zero attached hydrogens (tertiary/aromatic N) is 2. The number of hydrogen-bond donors (Lipinski definition) is 1. The third kappa shape index (κ3) is 4.32. The summed E-state index contributed by atoms with van der Waals surface area (Å²) in [6, 6.07) is 15.8. The molecule has 1 aliphatic carbocycles. The number of methoxy groups -OCH3 is 1. The van der Waals surface area contributed by atoms with Gasteiger partial charge >= 0.3 is 5.97 Å². The number of para-hydroxylation sites is 1. The van der Waals surface area contributed by atoms with Crippen LogP contribution in [0.5, 0.6) is 5.75 Å². The van der Waals surface area contributed by atoms with Crippen LogP contribution in [0.4, 0.5) is 0 Å². The Morgan fingerprint density at radius 3 is 2.48 bits per heavy atom. The molecule has 1 aromatic heterocycles. The predicted octanol–water partition coefficient (Wildman–Crippen LogP) is 2.48. The number of carbonyl (C=O) groups excluding carboxylic acids is 3. The molecule has 0 atom stereocenters. The fourth-order valence-corrected chi connectivity index (χ4v) is 3.56. The monoisotopic (exact) mass is 419 g/mol. The summed E-state index contributed by atoms with van der Waals surface area (Å²) >= 11 is 0. The number of fused-ring (bicyclic) bond motifs is 1. The highest BCUT2D eigenvalue weighted by atomic mass is 16.5. The molecule has 0 spiro atoms. The Kier molecular flexibility index (Phi) is 5.79. The van der Waals surface area contributed by atoms with Crippen molar-refractivity contribution >= 4 is 17.8 Å². The fraction of sp³-hybridized carbons (Fsp3) is 0.217. The number of imide groups is 1. The molecule has 0 radical (unpaired) electrons. The van der Waals surface area contributed by atoms with Gasteiger partial charge < -0.3 is 9.47 Å². The van der Waals surface area contributed by atoms with Gasteiger partial charge in [0.25, 0.3) is 11.8 Å². The molecule has 3 aromatic rings. The summed E-state index contributed by atoms with van der Waals surface area (Å²) < 4.78 is 11.9. The summed E-state index contributed by atoms with van der Waals surface area (Å²) in [6.07, 6.45) is 2.48. The van der Waals surface area contributed by atoms with E-state index in [1.54, 1.807) is 16.8 Å². The van der Waals surface area contributed by atoms with Crippen LogP contribution in [-0.4, -0.2) is 41.3 Å². The van der Waals surface area contributed by atoms with Gasteiger partial charge in [0, 0.05) is 16.8 Å². The van der Waals surface area contributed by atoms with E-state index < -0.39 is 24.4 Å². The van der Waals surface area contributed by atoms with Crippen LogP contribution in [0.2, 0.25) is 0 Å². The van der Waals surface area contributed by atoms with E-state index in [2.05, 4.69) is 10.4 Å². The maximum Gasteiger partial charge on any atom is 0.359 e. The van der Waals surface area contributed by atoms with E-state index in [1.807, 2.05) is 30.3 Å². The predicted molar refractivity (Wildman–Crippen MR) is 111 cm³/mol. The molecule has 8 heteroatoms. The summed E-state index contributed by atoms with van der Waals surface area (Å²) in [5.74, 6) is -1.38. The van der Waals surface area contributed by atoms with E-state index in [4.69, 9.17) is 9.47 Å². The number of ether oxygens (including phenoxy) is 2. The minimum atomic E-state index is -0.715. The number of benzene rings is 2. The molecule has 2 aromatic carbocycles. The number of rotatable bonds is 6. The molecule has 158 valence electrons. The smallest absolute Gasteiger partial charge is 0.359 e. The number of hydrogen-bond acceptors (Lipinski definition) is 6. The Morgan fingerprint density at radius 2 is 1.77 bits per heavy atom. The maximum atomic E-state index is 12.6. The van der Waals surface area contributed by atoms with Gasteiger partial charge in [-0.15, -0.1) is 0 Å². The van der Waals surface area contributed by atoms with E-state index in [9.17, 15) is 14.4 Å². The molecule has 1 aliphatic rings. The molecule has 1 N–H and O–H groups in total. The van der Waals surface area contributed by atoms with Gasteiger partial charge in [-0.3, -0.25) is 14.9 Å². The van der Waals surface area contributed by atoms with Crippen LogP contribution in [-0.2, 0) is 22.4 Å². The zero-order chi connectivity index (χ0) is 21.8. The lowest BCUT2D eigenvalue weighted by Crippen LogP contribution is -2.34. The molecule has 8 nitrogen and oxygen atoms in total. The number of carbonyl (C=O) groups is 3. The molecule has 0 fully saturated rings. The van der Waals surface area contributed by atoms with Crippen LogP contribution in [0.15, 0.2) is 54.6 Å². The highest BCUT2D eigenvalue weighted by molar-refractivity contribution is 6.05. The fourth-order valence-electron chi connectivity index (χ4n) is 3.56. The van der Waals surface area contributed by atoms with Crippen molar-refractivity contribution in [2.75, 3.05) is 13.7 Å².